The zero-order valence-electron chi connectivity index (χ0n) is 11.3. The Morgan fingerprint density at radius 1 is 1.33 bits per heavy atom. The fourth-order valence-corrected chi connectivity index (χ4v) is 2.86. The predicted molar refractivity (Wildman–Crippen MR) is 82.7 cm³/mol. The number of anilines is 1. The Morgan fingerprint density at radius 2 is 2.24 bits per heavy atom. The average molecular weight is 301 g/mol. The third-order valence-electron chi connectivity index (χ3n) is 3.28. The van der Waals surface area contributed by atoms with Crippen molar-refractivity contribution in [2.75, 3.05) is 18.0 Å². The largest absolute Gasteiger partial charge is 0.347 e. The van der Waals surface area contributed by atoms with Crippen LogP contribution < -0.4 is 15.5 Å². The van der Waals surface area contributed by atoms with E-state index in [4.69, 9.17) is 0 Å². The number of nitrogens with zero attached hydrogens (tertiary/aromatic N) is 1. The second-order valence-electron chi connectivity index (χ2n) is 4.70. The van der Waals surface area contributed by atoms with Gasteiger partial charge in [0.15, 0.2) is 0 Å². The van der Waals surface area contributed by atoms with Crippen LogP contribution in [0.25, 0.3) is 0 Å². The standard InChI is InChI=1S/C15H15N3O2S/c19-14(17-10-13-5-2-8-21-13)11-3-1-4-12(9-11)18-7-6-16-15(18)20/h1-5,8-9H,6-7,10H2,(H,16,20)(H,17,19). The van der Waals surface area contributed by atoms with Crippen molar-refractivity contribution in [1.82, 2.24) is 10.6 Å². The molecule has 3 rings (SSSR count). The zero-order valence-corrected chi connectivity index (χ0v) is 12.2. The second-order valence-corrected chi connectivity index (χ2v) is 5.73. The molecule has 3 amide bonds. The Kier molecular flexibility index (Phi) is 3.87. The molecule has 2 N–H and O–H groups in total. The fourth-order valence-electron chi connectivity index (χ4n) is 2.22. The molecular weight excluding hydrogens is 286 g/mol. The Morgan fingerprint density at radius 3 is 2.95 bits per heavy atom. The van der Waals surface area contributed by atoms with Crippen LogP contribution in [-0.4, -0.2) is 25.0 Å². The summed E-state index contributed by atoms with van der Waals surface area (Å²) in [5.41, 5.74) is 1.30. The number of amides is 3. The molecule has 1 aromatic heterocycles. The number of rotatable bonds is 4. The monoisotopic (exact) mass is 301 g/mol. The van der Waals surface area contributed by atoms with Gasteiger partial charge in [-0.1, -0.05) is 12.1 Å². The number of hydrogen-bond acceptors (Lipinski definition) is 3. The molecule has 6 heteroatoms. The lowest BCUT2D eigenvalue weighted by Crippen LogP contribution is -2.28. The molecule has 1 aliphatic heterocycles. The first-order valence-electron chi connectivity index (χ1n) is 6.70. The molecule has 2 heterocycles. The highest BCUT2D eigenvalue weighted by molar-refractivity contribution is 7.09. The van der Waals surface area contributed by atoms with Crippen molar-refractivity contribution >= 4 is 29.0 Å². The highest BCUT2D eigenvalue weighted by Crippen LogP contribution is 2.18. The van der Waals surface area contributed by atoms with Crippen LogP contribution in [0.3, 0.4) is 0 Å². The van der Waals surface area contributed by atoms with Gasteiger partial charge in [0.1, 0.15) is 0 Å². The van der Waals surface area contributed by atoms with E-state index in [1.165, 1.54) is 0 Å². The number of carbonyl (C=O) groups is 2. The van der Waals surface area contributed by atoms with Crippen LogP contribution in [-0.2, 0) is 6.54 Å². The molecular formula is C15H15N3O2S. The summed E-state index contributed by atoms with van der Waals surface area (Å²) in [5.74, 6) is -0.134. The molecule has 5 nitrogen and oxygen atoms in total. The van der Waals surface area contributed by atoms with Gasteiger partial charge in [0.2, 0.25) is 0 Å². The minimum absolute atomic E-state index is 0.119. The van der Waals surface area contributed by atoms with Crippen molar-refractivity contribution < 1.29 is 9.59 Å². The Labute approximate surface area is 126 Å². The minimum Gasteiger partial charge on any atom is -0.347 e. The van der Waals surface area contributed by atoms with Gasteiger partial charge in [-0.25, -0.2) is 4.79 Å². The number of nitrogens with one attached hydrogen (secondary N) is 2. The van der Waals surface area contributed by atoms with E-state index < -0.39 is 0 Å². The van der Waals surface area contributed by atoms with Gasteiger partial charge in [-0.2, -0.15) is 0 Å². The molecule has 0 unspecified atom stereocenters. The Balaban J connectivity index is 1.70. The summed E-state index contributed by atoms with van der Waals surface area (Å²) in [6, 6.07) is 10.9. The Hall–Kier alpha value is -2.34. The van der Waals surface area contributed by atoms with Crippen molar-refractivity contribution in [1.29, 1.82) is 0 Å². The van der Waals surface area contributed by atoms with Crippen LogP contribution >= 0.6 is 11.3 Å². The molecule has 1 fully saturated rings. The molecule has 0 spiro atoms. The van der Waals surface area contributed by atoms with Gasteiger partial charge >= 0.3 is 6.03 Å². The Bertz CT molecular complexity index is 655. The maximum Gasteiger partial charge on any atom is 0.321 e. The van der Waals surface area contributed by atoms with E-state index >= 15 is 0 Å². The molecule has 1 aromatic carbocycles. The van der Waals surface area contributed by atoms with Crippen LogP contribution in [0.1, 0.15) is 15.2 Å². The molecule has 1 saturated heterocycles. The lowest BCUT2D eigenvalue weighted by Gasteiger charge is -2.15. The van der Waals surface area contributed by atoms with Crippen LogP contribution in [0.5, 0.6) is 0 Å². The molecule has 108 valence electrons. The number of hydrogen-bond donors (Lipinski definition) is 2. The van der Waals surface area contributed by atoms with Crippen LogP contribution in [0.15, 0.2) is 41.8 Å². The molecule has 1 aliphatic rings. The van der Waals surface area contributed by atoms with Gasteiger partial charge in [-0.3, -0.25) is 9.69 Å². The van der Waals surface area contributed by atoms with Gasteiger partial charge in [0.25, 0.3) is 5.91 Å². The van der Waals surface area contributed by atoms with Crippen LogP contribution in [0.4, 0.5) is 10.5 Å². The van der Waals surface area contributed by atoms with Gasteiger partial charge in [0, 0.05) is 29.2 Å². The molecule has 0 saturated carbocycles. The number of carbonyl (C=O) groups excluding carboxylic acids is 2. The van der Waals surface area contributed by atoms with Gasteiger partial charge in [-0.05, 0) is 29.6 Å². The van der Waals surface area contributed by atoms with Gasteiger partial charge < -0.3 is 10.6 Å². The summed E-state index contributed by atoms with van der Waals surface area (Å²) >= 11 is 1.61. The lowest BCUT2D eigenvalue weighted by atomic mass is 10.1. The number of benzene rings is 1. The number of urea groups is 1. The maximum atomic E-state index is 12.2. The first-order valence-corrected chi connectivity index (χ1v) is 7.58. The molecule has 0 atom stereocenters. The highest BCUT2D eigenvalue weighted by Gasteiger charge is 2.21. The van der Waals surface area contributed by atoms with Crippen LogP contribution in [0, 0.1) is 0 Å². The first kappa shape index (κ1) is 13.6. The minimum atomic E-state index is -0.134. The fraction of sp³-hybridized carbons (Fsp3) is 0.200. The summed E-state index contributed by atoms with van der Waals surface area (Å²) in [5, 5.41) is 7.61. The van der Waals surface area contributed by atoms with Crippen molar-refractivity contribution in [3.05, 3.63) is 52.2 Å². The molecule has 2 aromatic rings. The van der Waals surface area contributed by atoms with E-state index in [0.717, 1.165) is 10.6 Å². The summed E-state index contributed by atoms with van der Waals surface area (Å²) in [6.07, 6.45) is 0. The van der Waals surface area contributed by atoms with E-state index in [1.807, 2.05) is 23.6 Å². The van der Waals surface area contributed by atoms with Crippen LogP contribution in [0.2, 0.25) is 0 Å². The van der Waals surface area contributed by atoms with Gasteiger partial charge in [-0.15, -0.1) is 11.3 Å². The molecule has 0 bridgehead atoms. The normalized spacial score (nSPS) is 14.1. The third-order valence-corrected chi connectivity index (χ3v) is 4.16. The maximum absolute atomic E-state index is 12.2. The zero-order chi connectivity index (χ0) is 14.7. The SMILES string of the molecule is O=C(NCc1cccs1)c1cccc(N2CCNC2=O)c1. The highest BCUT2D eigenvalue weighted by atomic mass is 32.1. The first-order chi connectivity index (χ1) is 10.2. The molecule has 21 heavy (non-hydrogen) atoms. The van der Waals surface area contributed by atoms with E-state index in [-0.39, 0.29) is 11.9 Å². The van der Waals surface area contributed by atoms with Crippen molar-refractivity contribution in [2.24, 2.45) is 0 Å². The molecule has 0 aliphatic carbocycles. The second kappa shape index (κ2) is 5.97. The van der Waals surface area contributed by atoms with E-state index in [0.29, 0.717) is 25.2 Å². The summed E-state index contributed by atoms with van der Waals surface area (Å²) in [6.45, 7) is 1.78. The predicted octanol–water partition coefficient (Wildman–Crippen LogP) is 2.21. The van der Waals surface area contributed by atoms with E-state index in [2.05, 4.69) is 10.6 Å². The summed E-state index contributed by atoms with van der Waals surface area (Å²) in [4.78, 5) is 26.6. The van der Waals surface area contributed by atoms with Gasteiger partial charge in [0.05, 0.1) is 6.54 Å². The molecule has 0 radical (unpaired) electrons. The summed E-state index contributed by atoms with van der Waals surface area (Å²) < 4.78 is 0. The van der Waals surface area contributed by atoms with E-state index in [9.17, 15) is 9.59 Å². The van der Waals surface area contributed by atoms with E-state index in [1.54, 1.807) is 34.4 Å². The van der Waals surface area contributed by atoms with Crippen molar-refractivity contribution in [3.8, 4) is 0 Å². The average Bonchev–Trinajstić information content (AvgIpc) is 3.16. The topological polar surface area (TPSA) is 61.4 Å². The third kappa shape index (κ3) is 3.05. The number of thiophene rings is 1. The van der Waals surface area contributed by atoms with Crippen molar-refractivity contribution in [2.45, 2.75) is 6.54 Å². The summed E-state index contributed by atoms with van der Waals surface area (Å²) in [7, 11) is 0. The lowest BCUT2D eigenvalue weighted by molar-refractivity contribution is 0.0951. The smallest absolute Gasteiger partial charge is 0.321 e. The quantitative estimate of drug-likeness (QED) is 0.909. The van der Waals surface area contributed by atoms with Crippen molar-refractivity contribution in [3.63, 3.8) is 0 Å².